The highest BCUT2D eigenvalue weighted by atomic mass is 35.5. The topological polar surface area (TPSA) is 54.3 Å². The highest BCUT2D eigenvalue weighted by molar-refractivity contribution is 7.80. The van der Waals surface area contributed by atoms with Gasteiger partial charge in [0.1, 0.15) is 5.57 Å². The first kappa shape index (κ1) is 23.9. The maximum absolute atomic E-state index is 13.5. The molecule has 2 amide bonds. The van der Waals surface area contributed by atoms with Crippen LogP contribution in [0, 0.1) is 27.7 Å². The van der Waals surface area contributed by atoms with Crippen molar-refractivity contribution in [2.75, 3.05) is 4.90 Å². The van der Waals surface area contributed by atoms with Gasteiger partial charge in [-0.25, -0.2) is 0 Å². The lowest BCUT2D eigenvalue weighted by Gasteiger charge is -2.30. The number of anilines is 1. The summed E-state index contributed by atoms with van der Waals surface area (Å²) in [5, 5.41) is 3.21. The number of halogens is 1. The van der Waals surface area contributed by atoms with Gasteiger partial charge in [0.25, 0.3) is 11.8 Å². The van der Waals surface area contributed by atoms with Gasteiger partial charge in [0.05, 0.1) is 11.4 Å². The molecule has 1 aliphatic heterocycles. The number of nitrogens with one attached hydrogen (secondary N) is 1. The quantitative estimate of drug-likeness (QED) is 0.287. The molecule has 0 radical (unpaired) electrons. The van der Waals surface area contributed by atoms with Crippen LogP contribution in [-0.4, -0.2) is 21.5 Å². The SMILES string of the molecule is CCc1cccc(C)c1-n1c(C)cc(/C=C2\C(=O)NC(=S)N(c3cccc(Cl)c3C)C2=O)c1C. The largest absolute Gasteiger partial charge is 0.317 e. The Morgan fingerprint density at radius 2 is 1.76 bits per heavy atom. The number of aryl methyl sites for hydroxylation is 3. The second kappa shape index (κ2) is 9.20. The minimum Gasteiger partial charge on any atom is -0.317 e. The van der Waals surface area contributed by atoms with Crippen LogP contribution in [0.1, 0.15) is 40.6 Å². The summed E-state index contributed by atoms with van der Waals surface area (Å²) >= 11 is 11.6. The zero-order valence-electron chi connectivity index (χ0n) is 19.8. The summed E-state index contributed by atoms with van der Waals surface area (Å²) in [5.74, 6) is -0.991. The van der Waals surface area contributed by atoms with Crippen LogP contribution in [0.2, 0.25) is 5.02 Å². The summed E-state index contributed by atoms with van der Waals surface area (Å²) in [6, 6.07) is 13.5. The number of amides is 2. The third kappa shape index (κ3) is 3.97. The summed E-state index contributed by atoms with van der Waals surface area (Å²) in [6.07, 6.45) is 2.55. The summed E-state index contributed by atoms with van der Waals surface area (Å²) in [4.78, 5) is 27.7. The predicted molar refractivity (Wildman–Crippen MR) is 142 cm³/mol. The molecule has 3 aromatic rings. The minimum atomic E-state index is -0.513. The van der Waals surface area contributed by atoms with Crippen molar-refractivity contribution in [1.29, 1.82) is 0 Å². The van der Waals surface area contributed by atoms with Crippen LogP contribution in [0.25, 0.3) is 11.8 Å². The molecule has 0 unspecified atom stereocenters. The van der Waals surface area contributed by atoms with Crippen LogP contribution in [0.4, 0.5) is 5.69 Å². The number of nitrogens with zero attached hydrogens (tertiary/aromatic N) is 2. The molecule has 4 rings (SSSR count). The van der Waals surface area contributed by atoms with Crippen molar-refractivity contribution in [2.45, 2.75) is 41.0 Å². The monoisotopic (exact) mass is 491 g/mol. The second-order valence-electron chi connectivity index (χ2n) is 8.44. The molecule has 34 heavy (non-hydrogen) atoms. The van der Waals surface area contributed by atoms with Gasteiger partial charge in [0, 0.05) is 16.4 Å². The molecule has 0 saturated carbocycles. The van der Waals surface area contributed by atoms with Gasteiger partial charge in [-0.2, -0.15) is 0 Å². The molecule has 0 bridgehead atoms. The van der Waals surface area contributed by atoms with Gasteiger partial charge in [-0.3, -0.25) is 19.8 Å². The van der Waals surface area contributed by atoms with Crippen molar-refractivity contribution in [2.24, 2.45) is 0 Å². The number of benzene rings is 2. The van der Waals surface area contributed by atoms with Gasteiger partial charge in [-0.15, -0.1) is 0 Å². The molecule has 7 heteroatoms. The van der Waals surface area contributed by atoms with E-state index in [1.165, 1.54) is 16.0 Å². The highest BCUT2D eigenvalue weighted by Gasteiger charge is 2.35. The average Bonchev–Trinajstić information content (AvgIpc) is 3.06. The molecule has 1 saturated heterocycles. The first-order valence-corrected chi connectivity index (χ1v) is 11.9. The predicted octanol–water partition coefficient (Wildman–Crippen LogP) is 5.76. The van der Waals surface area contributed by atoms with E-state index in [9.17, 15) is 9.59 Å². The van der Waals surface area contributed by atoms with Gasteiger partial charge in [0.2, 0.25) is 0 Å². The van der Waals surface area contributed by atoms with E-state index in [4.69, 9.17) is 23.8 Å². The van der Waals surface area contributed by atoms with Crippen molar-refractivity contribution >= 4 is 52.5 Å². The fraction of sp³-hybridized carbons (Fsp3) is 0.222. The van der Waals surface area contributed by atoms with E-state index in [1.807, 2.05) is 26.8 Å². The van der Waals surface area contributed by atoms with Crippen LogP contribution < -0.4 is 10.2 Å². The lowest BCUT2D eigenvalue weighted by Crippen LogP contribution is -2.54. The molecule has 2 aromatic carbocycles. The Kier molecular flexibility index (Phi) is 6.47. The summed E-state index contributed by atoms with van der Waals surface area (Å²) in [5.41, 5.74) is 7.60. The zero-order chi connectivity index (χ0) is 24.7. The van der Waals surface area contributed by atoms with Gasteiger partial charge in [-0.1, -0.05) is 42.8 Å². The molecule has 1 aliphatic rings. The Hall–Kier alpha value is -3.22. The number of thiocarbonyl (C=S) groups is 1. The van der Waals surface area contributed by atoms with Crippen molar-refractivity contribution in [3.63, 3.8) is 0 Å². The summed E-state index contributed by atoms with van der Waals surface area (Å²) in [6.45, 7) is 10.1. The summed E-state index contributed by atoms with van der Waals surface area (Å²) < 4.78 is 2.19. The zero-order valence-corrected chi connectivity index (χ0v) is 21.4. The molecular formula is C27H26ClN3O2S. The van der Waals surface area contributed by atoms with Crippen molar-refractivity contribution < 1.29 is 9.59 Å². The lowest BCUT2D eigenvalue weighted by molar-refractivity contribution is -0.122. The third-order valence-corrected chi connectivity index (χ3v) is 6.97. The Balaban J connectivity index is 1.83. The number of carbonyl (C=O) groups excluding carboxylic acids is 2. The number of hydrogen-bond acceptors (Lipinski definition) is 3. The average molecular weight is 492 g/mol. The van der Waals surface area contributed by atoms with Gasteiger partial charge >= 0.3 is 0 Å². The summed E-state index contributed by atoms with van der Waals surface area (Å²) in [7, 11) is 0. The Morgan fingerprint density at radius 3 is 2.47 bits per heavy atom. The van der Waals surface area contributed by atoms with Crippen molar-refractivity contribution in [1.82, 2.24) is 9.88 Å². The van der Waals surface area contributed by atoms with E-state index in [0.717, 1.165) is 29.1 Å². The molecule has 0 spiro atoms. The van der Waals surface area contributed by atoms with E-state index in [1.54, 1.807) is 24.3 Å². The standard InChI is InChI=1S/C27H26ClN3O2S/c1-6-19-10-7-9-15(2)24(19)30-16(3)13-20(18(30)5)14-21-25(32)29-27(34)31(26(21)33)23-12-8-11-22(28)17(23)4/h7-14H,6H2,1-5H3,(H,29,32,34)/b21-14+. The smallest absolute Gasteiger partial charge is 0.270 e. The first-order chi connectivity index (χ1) is 16.1. The second-order valence-corrected chi connectivity index (χ2v) is 9.23. The Morgan fingerprint density at radius 1 is 1.06 bits per heavy atom. The van der Waals surface area contributed by atoms with E-state index >= 15 is 0 Å². The maximum atomic E-state index is 13.5. The van der Waals surface area contributed by atoms with E-state index in [0.29, 0.717) is 16.3 Å². The fourth-order valence-corrected chi connectivity index (χ4v) is 4.92. The van der Waals surface area contributed by atoms with Crippen molar-refractivity contribution in [3.05, 3.63) is 86.7 Å². The molecule has 1 aromatic heterocycles. The molecule has 5 nitrogen and oxygen atoms in total. The minimum absolute atomic E-state index is 0.0220. The Bertz CT molecular complexity index is 1390. The third-order valence-electron chi connectivity index (χ3n) is 6.28. The van der Waals surface area contributed by atoms with E-state index in [2.05, 4.69) is 41.9 Å². The molecule has 0 atom stereocenters. The molecule has 174 valence electrons. The number of hydrogen-bond donors (Lipinski definition) is 1. The molecule has 2 heterocycles. The molecule has 0 aliphatic carbocycles. The van der Waals surface area contributed by atoms with E-state index in [-0.39, 0.29) is 10.7 Å². The Labute approximate surface area is 210 Å². The first-order valence-electron chi connectivity index (χ1n) is 11.1. The van der Waals surface area contributed by atoms with Crippen LogP contribution >= 0.6 is 23.8 Å². The number of para-hydroxylation sites is 1. The number of aromatic nitrogens is 1. The van der Waals surface area contributed by atoms with E-state index < -0.39 is 11.8 Å². The molecule has 1 fully saturated rings. The highest BCUT2D eigenvalue weighted by Crippen LogP contribution is 2.31. The fourth-order valence-electron chi connectivity index (χ4n) is 4.47. The van der Waals surface area contributed by atoms with Gasteiger partial charge in [0.15, 0.2) is 5.11 Å². The maximum Gasteiger partial charge on any atom is 0.270 e. The molecular weight excluding hydrogens is 466 g/mol. The van der Waals surface area contributed by atoms with Crippen molar-refractivity contribution in [3.8, 4) is 5.69 Å². The van der Waals surface area contributed by atoms with Gasteiger partial charge in [-0.05, 0) is 92.9 Å². The molecule has 1 N–H and O–H groups in total. The van der Waals surface area contributed by atoms with Crippen LogP contribution in [0.3, 0.4) is 0 Å². The van der Waals surface area contributed by atoms with Gasteiger partial charge < -0.3 is 4.57 Å². The lowest BCUT2D eigenvalue weighted by atomic mass is 10.0. The number of carbonyl (C=O) groups is 2. The van der Waals surface area contributed by atoms with Crippen LogP contribution in [0.5, 0.6) is 0 Å². The number of rotatable bonds is 4. The van der Waals surface area contributed by atoms with Crippen LogP contribution in [0.15, 0.2) is 48.0 Å². The van der Waals surface area contributed by atoms with Crippen LogP contribution in [-0.2, 0) is 16.0 Å². The normalized spacial score (nSPS) is 15.3.